The Bertz CT molecular complexity index is 461. The number of allylic oxidation sites excluding steroid dienone is 1. The SMILES string of the molecule is C[Si](C)(C)C#CC=C1CCN(C(=O)O)C2(CCC2)C1. The second kappa shape index (κ2) is 5.05. The van der Waals surface area contributed by atoms with Gasteiger partial charge in [0.25, 0.3) is 0 Å². The van der Waals surface area contributed by atoms with Crippen LogP contribution in [0.3, 0.4) is 0 Å². The smallest absolute Gasteiger partial charge is 0.407 e. The van der Waals surface area contributed by atoms with Gasteiger partial charge in [-0.1, -0.05) is 31.1 Å². The van der Waals surface area contributed by atoms with E-state index in [9.17, 15) is 9.90 Å². The summed E-state index contributed by atoms with van der Waals surface area (Å²) in [7, 11) is -1.31. The third kappa shape index (κ3) is 3.22. The van der Waals surface area contributed by atoms with Gasteiger partial charge in [0.1, 0.15) is 8.07 Å². The normalized spacial score (nSPS) is 23.7. The fraction of sp³-hybridized carbons (Fsp3) is 0.667. The molecule has 2 aliphatic rings. The lowest BCUT2D eigenvalue weighted by atomic mass is 9.69. The number of carbonyl (C=O) groups is 1. The Labute approximate surface area is 116 Å². The third-order valence-corrected chi connectivity index (χ3v) is 4.92. The van der Waals surface area contributed by atoms with Gasteiger partial charge in [-0.25, -0.2) is 4.79 Å². The van der Waals surface area contributed by atoms with Crippen molar-refractivity contribution in [3.05, 3.63) is 11.6 Å². The van der Waals surface area contributed by atoms with Crippen LogP contribution < -0.4 is 0 Å². The van der Waals surface area contributed by atoms with Gasteiger partial charge in [0, 0.05) is 12.1 Å². The lowest BCUT2D eigenvalue weighted by molar-refractivity contribution is 0.0110. The summed E-state index contributed by atoms with van der Waals surface area (Å²) in [5.74, 6) is 3.21. The zero-order chi connectivity index (χ0) is 14.1. The average molecular weight is 277 g/mol. The molecule has 1 heterocycles. The van der Waals surface area contributed by atoms with Crippen LogP contribution in [-0.2, 0) is 0 Å². The molecule has 4 heteroatoms. The van der Waals surface area contributed by atoms with E-state index in [1.165, 1.54) is 5.57 Å². The van der Waals surface area contributed by atoms with Gasteiger partial charge in [0.05, 0.1) is 0 Å². The van der Waals surface area contributed by atoms with Gasteiger partial charge >= 0.3 is 6.09 Å². The number of hydrogen-bond acceptors (Lipinski definition) is 1. The van der Waals surface area contributed by atoms with Crippen molar-refractivity contribution in [2.24, 2.45) is 0 Å². The van der Waals surface area contributed by atoms with Crippen LogP contribution in [0.4, 0.5) is 4.79 Å². The largest absolute Gasteiger partial charge is 0.465 e. The van der Waals surface area contributed by atoms with Gasteiger partial charge < -0.3 is 10.0 Å². The lowest BCUT2D eigenvalue weighted by Gasteiger charge is -2.52. The first kappa shape index (κ1) is 14.2. The molecule has 19 heavy (non-hydrogen) atoms. The summed E-state index contributed by atoms with van der Waals surface area (Å²) in [6.45, 7) is 7.34. The van der Waals surface area contributed by atoms with E-state index in [1.54, 1.807) is 4.90 Å². The molecule has 2 fully saturated rings. The number of rotatable bonds is 0. The van der Waals surface area contributed by atoms with E-state index in [1.807, 2.05) is 0 Å². The van der Waals surface area contributed by atoms with E-state index in [-0.39, 0.29) is 5.54 Å². The fourth-order valence-corrected chi connectivity index (χ4v) is 3.41. The quantitative estimate of drug-likeness (QED) is 0.544. The van der Waals surface area contributed by atoms with Crippen molar-refractivity contribution in [3.63, 3.8) is 0 Å². The first-order valence-electron chi connectivity index (χ1n) is 7.04. The van der Waals surface area contributed by atoms with Crippen LogP contribution in [0.5, 0.6) is 0 Å². The molecule has 0 aromatic rings. The van der Waals surface area contributed by atoms with Crippen molar-refractivity contribution in [2.45, 2.75) is 57.3 Å². The molecular formula is C15H23NO2Si. The van der Waals surface area contributed by atoms with E-state index in [4.69, 9.17) is 0 Å². The van der Waals surface area contributed by atoms with Gasteiger partial charge in [-0.15, -0.1) is 5.54 Å². The predicted molar refractivity (Wildman–Crippen MR) is 79.8 cm³/mol. The summed E-state index contributed by atoms with van der Waals surface area (Å²) in [5, 5.41) is 9.29. The summed E-state index contributed by atoms with van der Waals surface area (Å²) >= 11 is 0. The maximum Gasteiger partial charge on any atom is 0.407 e. The van der Waals surface area contributed by atoms with Crippen molar-refractivity contribution in [2.75, 3.05) is 6.54 Å². The minimum Gasteiger partial charge on any atom is -0.465 e. The maximum atomic E-state index is 11.3. The highest BCUT2D eigenvalue weighted by molar-refractivity contribution is 6.83. The topological polar surface area (TPSA) is 40.5 Å². The first-order valence-corrected chi connectivity index (χ1v) is 10.5. The molecule has 1 aliphatic heterocycles. The van der Waals surface area contributed by atoms with Crippen LogP contribution in [0.1, 0.15) is 32.1 Å². The molecule has 0 aromatic heterocycles. The molecule has 0 aromatic carbocycles. The van der Waals surface area contributed by atoms with Crippen molar-refractivity contribution in [1.29, 1.82) is 0 Å². The van der Waals surface area contributed by atoms with Crippen LogP contribution in [0, 0.1) is 11.5 Å². The Morgan fingerprint density at radius 2 is 2.11 bits per heavy atom. The summed E-state index contributed by atoms with van der Waals surface area (Å²) < 4.78 is 0. The van der Waals surface area contributed by atoms with Crippen molar-refractivity contribution in [1.82, 2.24) is 4.90 Å². The number of likely N-dealkylation sites (tertiary alicyclic amines) is 1. The first-order chi connectivity index (χ1) is 8.82. The highest BCUT2D eigenvalue weighted by Gasteiger charge is 2.47. The van der Waals surface area contributed by atoms with E-state index >= 15 is 0 Å². The van der Waals surface area contributed by atoms with Crippen molar-refractivity contribution < 1.29 is 9.90 Å². The molecule has 0 bridgehead atoms. The Hall–Kier alpha value is -1.21. The molecule has 1 spiro atoms. The second-order valence-electron chi connectivity index (χ2n) is 6.76. The highest BCUT2D eigenvalue weighted by Crippen LogP contribution is 2.45. The zero-order valence-electron chi connectivity index (χ0n) is 12.1. The summed E-state index contributed by atoms with van der Waals surface area (Å²) in [6, 6.07) is 0. The van der Waals surface area contributed by atoms with Gasteiger partial charge in [-0.05, 0) is 38.2 Å². The molecule has 0 radical (unpaired) electrons. The number of piperidine rings is 1. The predicted octanol–water partition coefficient (Wildman–Crippen LogP) is 3.49. The summed E-state index contributed by atoms with van der Waals surface area (Å²) in [5.41, 5.74) is 4.58. The van der Waals surface area contributed by atoms with E-state index in [2.05, 4.69) is 37.2 Å². The van der Waals surface area contributed by atoms with Crippen LogP contribution in [0.2, 0.25) is 19.6 Å². The molecular weight excluding hydrogens is 254 g/mol. The molecule has 2 rings (SSSR count). The standard InChI is InChI=1S/C15H23NO2Si/c1-19(2,3)11-4-6-13-7-10-16(14(17)18)15(12-13)8-5-9-15/h6H,5,7-10,12H2,1-3H3,(H,17,18). The van der Waals surface area contributed by atoms with Crippen molar-refractivity contribution >= 4 is 14.2 Å². The van der Waals surface area contributed by atoms with Crippen molar-refractivity contribution in [3.8, 4) is 11.5 Å². The van der Waals surface area contributed by atoms with Gasteiger partial charge in [-0.2, -0.15) is 0 Å². The van der Waals surface area contributed by atoms with Gasteiger partial charge in [0.2, 0.25) is 0 Å². The Morgan fingerprint density at radius 1 is 1.42 bits per heavy atom. The third-order valence-electron chi connectivity index (χ3n) is 4.02. The van der Waals surface area contributed by atoms with Crippen LogP contribution in [0.15, 0.2) is 11.6 Å². The zero-order valence-corrected chi connectivity index (χ0v) is 13.1. The molecule has 0 unspecified atom stereocenters. The summed E-state index contributed by atoms with van der Waals surface area (Å²) in [4.78, 5) is 13.0. The molecule has 3 nitrogen and oxygen atoms in total. The molecule has 1 amide bonds. The van der Waals surface area contributed by atoms with Gasteiger partial charge in [-0.3, -0.25) is 0 Å². The molecule has 0 atom stereocenters. The minimum atomic E-state index is -1.31. The van der Waals surface area contributed by atoms with Crippen LogP contribution in [0.25, 0.3) is 0 Å². The van der Waals surface area contributed by atoms with Crippen LogP contribution in [-0.4, -0.2) is 36.3 Å². The molecule has 1 N–H and O–H groups in total. The number of hydrogen-bond donors (Lipinski definition) is 1. The van der Waals surface area contributed by atoms with E-state index < -0.39 is 14.2 Å². The summed E-state index contributed by atoms with van der Waals surface area (Å²) in [6.07, 6.45) is 6.20. The molecule has 1 saturated carbocycles. The minimum absolute atomic E-state index is 0.100. The number of amides is 1. The fourth-order valence-electron chi connectivity index (χ4n) is 2.91. The Morgan fingerprint density at radius 3 is 2.58 bits per heavy atom. The molecule has 1 saturated heterocycles. The molecule has 1 aliphatic carbocycles. The number of nitrogens with zero attached hydrogens (tertiary/aromatic N) is 1. The highest BCUT2D eigenvalue weighted by atomic mass is 28.3. The monoisotopic (exact) mass is 277 g/mol. The lowest BCUT2D eigenvalue weighted by Crippen LogP contribution is -2.58. The van der Waals surface area contributed by atoms with Crippen LogP contribution >= 0.6 is 0 Å². The van der Waals surface area contributed by atoms with E-state index in [0.717, 1.165) is 32.1 Å². The Kier molecular flexibility index (Phi) is 3.77. The average Bonchev–Trinajstić information content (AvgIpc) is 2.24. The van der Waals surface area contributed by atoms with Gasteiger partial charge in [0.15, 0.2) is 0 Å². The second-order valence-corrected chi connectivity index (χ2v) is 11.5. The van der Waals surface area contributed by atoms with E-state index in [0.29, 0.717) is 6.54 Å². The Balaban J connectivity index is 2.10. The number of carboxylic acid groups (broad SMARTS) is 1. The molecule has 104 valence electrons. The maximum absolute atomic E-state index is 11.3.